The Bertz CT molecular complexity index is 423. The molecule has 2 rings (SSSR count). The number of alkyl halides is 3. The summed E-state index contributed by atoms with van der Waals surface area (Å²) >= 11 is 0. The van der Waals surface area contributed by atoms with Crippen molar-refractivity contribution in [2.75, 3.05) is 26.4 Å². The Morgan fingerprint density at radius 3 is 1.52 bits per heavy atom. The maximum atomic E-state index is 12.1. The van der Waals surface area contributed by atoms with E-state index >= 15 is 0 Å². The molecule has 0 bridgehead atoms. The van der Waals surface area contributed by atoms with Crippen LogP contribution in [0.5, 0.6) is 0 Å². The largest absolute Gasteiger partial charge is 0.403 e. The van der Waals surface area contributed by atoms with Crippen molar-refractivity contribution in [3.8, 4) is 0 Å². The molecule has 2 heterocycles. The molecule has 6 nitrogen and oxygen atoms in total. The SMILES string of the molecule is CC(C)C(N)CC1(C)OCCCO1.CC1(CC(N)C(F)(F)F)OCCCO1. The van der Waals surface area contributed by atoms with E-state index < -0.39 is 23.8 Å². The molecule has 0 aromatic heterocycles. The fraction of sp³-hybridized carbons (Fsp3) is 1.00. The molecule has 2 aliphatic heterocycles. The standard InChI is InChI=1S/C10H21NO2.C8H14F3NO2/c1-8(2)9(11)7-10(3)12-5-4-6-13-10;1-7(13-3-2-4-14-7)5-6(12)8(9,10)11/h8-9H,4-7,11H2,1-3H3;6H,2-5,12H2,1H3. The van der Waals surface area contributed by atoms with Crippen LogP contribution in [0.4, 0.5) is 13.2 Å². The first kappa shape index (κ1) is 24.6. The lowest BCUT2D eigenvalue weighted by molar-refractivity contribution is -0.273. The van der Waals surface area contributed by atoms with Crippen LogP contribution in [0.25, 0.3) is 0 Å². The zero-order valence-corrected chi connectivity index (χ0v) is 16.8. The van der Waals surface area contributed by atoms with Gasteiger partial charge in [-0.2, -0.15) is 13.2 Å². The predicted octanol–water partition coefficient (Wildman–Crippen LogP) is 2.93. The minimum absolute atomic E-state index is 0.156. The first-order chi connectivity index (χ1) is 12.4. The van der Waals surface area contributed by atoms with Gasteiger partial charge in [0.15, 0.2) is 11.6 Å². The Labute approximate surface area is 160 Å². The second kappa shape index (κ2) is 10.4. The monoisotopic (exact) mass is 400 g/mol. The van der Waals surface area contributed by atoms with Crippen LogP contribution in [0.3, 0.4) is 0 Å². The van der Waals surface area contributed by atoms with Crippen molar-refractivity contribution < 1.29 is 32.1 Å². The van der Waals surface area contributed by atoms with Crippen LogP contribution in [-0.2, 0) is 18.9 Å². The van der Waals surface area contributed by atoms with E-state index in [-0.39, 0.29) is 12.5 Å². The van der Waals surface area contributed by atoms with Gasteiger partial charge in [0.25, 0.3) is 0 Å². The van der Waals surface area contributed by atoms with E-state index in [0.717, 1.165) is 26.1 Å². The van der Waals surface area contributed by atoms with Crippen molar-refractivity contribution >= 4 is 0 Å². The minimum Gasteiger partial charge on any atom is -0.350 e. The summed E-state index contributed by atoms with van der Waals surface area (Å²) in [5, 5.41) is 0. The summed E-state index contributed by atoms with van der Waals surface area (Å²) in [7, 11) is 0. The van der Waals surface area contributed by atoms with Crippen molar-refractivity contribution in [1.82, 2.24) is 0 Å². The normalized spacial score (nSPS) is 24.7. The highest BCUT2D eigenvalue weighted by Crippen LogP contribution is 2.29. The summed E-state index contributed by atoms with van der Waals surface area (Å²) in [6.45, 7) is 10.1. The Hall–Kier alpha value is -0.450. The molecule has 4 N–H and O–H groups in total. The highest BCUT2D eigenvalue weighted by molar-refractivity contribution is 4.79. The molecule has 2 aliphatic rings. The Morgan fingerprint density at radius 1 is 0.815 bits per heavy atom. The average Bonchev–Trinajstić information content (AvgIpc) is 2.55. The van der Waals surface area contributed by atoms with Gasteiger partial charge in [-0.05, 0) is 32.6 Å². The van der Waals surface area contributed by atoms with Gasteiger partial charge >= 0.3 is 6.18 Å². The van der Waals surface area contributed by atoms with Crippen molar-refractivity contribution in [2.45, 2.75) is 83.2 Å². The summed E-state index contributed by atoms with van der Waals surface area (Å²) in [6.07, 6.45) is -2.28. The smallest absolute Gasteiger partial charge is 0.350 e. The summed E-state index contributed by atoms with van der Waals surface area (Å²) in [4.78, 5) is 0. The lowest BCUT2D eigenvalue weighted by Crippen LogP contribution is -2.48. The molecular formula is C18H35F3N2O4. The second-order valence-corrected chi connectivity index (χ2v) is 7.83. The summed E-state index contributed by atoms with van der Waals surface area (Å²) in [5.41, 5.74) is 11.0. The Morgan fingerprint density at radius 2 is 1.19 bits per heavy atom. The topological polar surface area (TPSA) is 89.0 Å². The second-order valence-electron chi connectivity index (χ2n) is 7.83. The van der Waals surface area contributed by atoms with Crippen LogP contribution in [0.15, 0.2) is 0 Å². The van der Waals surface area contributed by atoms with Gasteiger partial charge in [-0.1, -0.05) is 13.8 Å². The van der Waals surface area contributed by atoms with E-state index in [0.29, 0.717) is 25.6 Å². The van der Waals surface area contributed by atoms with Crippen molar-refractivity contribution in [3.63, 3.8) is 0 Å². The number of ether oxygens (including phenoxy) is 4. The van der Waals surface area contributed by atoms with Crippen LogP contribution < -0.4 is 11.5 Å². The van der Waals surface area contributed by atoms with E-state index in [1.54, 1.807) is 0 Å². The number of hydrogen-bond acceptors (Lipinski definition) is 6. The molecule has 27 heavy (non-hydrogen) atoms. The molecule has 2 unspecified atom stereocenters. The van der Waals surface area contributed by atoms with Crippen LogP contribution in [0.1, 0.15) is 53.4 Å². The molecule has 162 valence electrons. The van der Waals surface area contributed by atoms with E-state index in [1.165, 1.54) is 6.92 Å². The van der Waals surface area contributed by atoms with E-state index in [9.17, 15) is 13.2 Å². The third-order valence-corrected chi connectivity index (χ3v) is 4.68. The lowest BCUT2D eigenvalue weighted by Gasteiger charge is -2.36. The van der Waals surface area contributed by atoms with E-state index in [2.05, 4.69) is 13.8 Å². The summed E-state index contributed by atoms with van der Waals surface area (Å²) in [6, 6.07) is -1.74. The first-order valence-corrected chi connectivity index (χ1v) is 9.51. The lowest BCUT2D eigenvalue weighted by atomic mass is 9.97. The van der Waals surface area contributed by atoms with Gasteiger partial charge in [0, 0.05) is 18.9 Å². The van der Waals surface area contributed by atoms with Gasteiger partial charge < -0.3 is 30.4 Å². The number of halogens is 3. The van der Waals surface area contributed by atoms with Crippen LogP contribution in [0, 0.1) is 5.92 Å². The quantitative estimate of drug-likeness (QED) is 0.738. The molecule has 0 radical (unpaired) electrons. The number of rotatable bonds is 5. The Kier molecular flexibility index (Phi) is 9.44. The summed E-state index contributed by atoms with van der Waals surface area (Å²) in [5.74, 6) is -1.15. The Balaban J connectivity index is 0.000000271. The van der Waals surface area contributed by atoms with Gasteiger partial charge in [-0.3, -0.25) is 0 Å². The average molecular weight is 400 g/mol. The molecule has 0 spiro atoms. The highest BCUT2D eigenvalue weighted by atomic mass is 19.4. The minimum atomic E-state index is -4.40. The zero-order chi connectivity index (χ0) is 20.7. The van der Waals surface area contributed by atoms with Gasteiger partial charge in [0.1, 0.15) is 6.04 Å². The van der Waals surface area contributed by atoms with Crippen LogP contribution >= 0.6 is 0 Å². The highest BCUT2D eigenvalue weighted by Gasteiger charge is 2.43. The molecule has 0 aromatic rings. The van der Waals surface area contributed by atoms with Crippen molar-refractivity contribution in [3.05, 3.63) is 0 Å². The number of nitrogens with two attached hydrogens (primary N) is 2. The fourth-order valence-electron chi connectivity index (χ4n) is 2.77. The van der Waals surface area contributed by atoms with E-state index in [1.807, 2.05) is 6.92 Å². The van der Waals surface area contributed by atoms with Crippen molar-refractivity contribution in [1.29, 1.82) is 0 Å². The maximum absolute atomic E-state index is 12.1. The van der Waals surface area contributed by atoms with Gasteiger partial charge in [0.2, 0.25) is 0 Å². The molecule has 2 atom stereocenters. The molecule has 2 saturated heterocycles. The van der Waals surface area contributed by atoms with Crippen LogP contribution in [-0.4, -0.2) is 56.3 Å². The molecule has 0 saturated carbocycles. The predicted molar refractivity (Wildman–Crippen MR) is 95.9 cm³/mol. The first-order valence-electron chi connectivity index (χ1n) is 9.51. The third-order valence-electron chi connectivity index (χ3n) is 4.68. The van der Waals surface area contributed by atoms with Gasteiger partial charge in [0.05, 0.1) is 26.4 Å². The summed E-state index contributed by atoms with van der Waals surface area (Å²) < 4.78 is 57.8. The van der Waals surface area contributed by atoms with Crippen molar-refractivity contribution in [2.24, 2.45) is 17.4 Å². The number of hydrogen-bond donors (Lipinski definition) is 2. The molecule has 0 amide bonds. The molecular weight excluding hydrogens is 365 g/mol. The van der Waals surface area contributed by atoms with Gasteiger partial charge in [-0.15, -0.1) is 0 Å². The molecule has 0 aliphatic carbocycles. The zero-order valence-electron chi connectivity index (χ0n) is 16.8. The maximum Gasteiger partial charge on any atom is 0.403 e. The van der Waals surface area contributed by atoms with E-state index in [4.69, 9.17) is 30.4 Å². The van der Waals surface area contributed by atoms with Crippen LogP contribution in [0.2, 0.25) is 0 Å². The third kappa shape index (κ3) is 9.06. The molecule has 0 aromatic carbocycles. The van der Waals surface area contributed by atoms with Gasteiger partial charge in [-0.25, -0.2) is 0 Å². The fourth-order valence-corrected chi connectivity index (χ4v) is 2.77. The molecule has 9 heteroatoms. The molecule has 2 fully saturated rings.